The van der Waals surface area contributed by atoms with Crippen LogP contribution in [0.25, 0.3) is 5.78 Å². The van der Waals surface area contributed by atoms with Gasteiger partial charge in [0.2, 0.25) is 0 Å². The van der Waals surface area contributed by atoms with E-state index in [2.05, 4.69) is 20.4 Å². The van der Waals surface area contributed by atoms with Crippen molar-refractivity contribution in [2.45, 2.75) is 32.2 Å². The number of hydrogen-bond donors (Lipinski definition) is 1. The number of aromatic nitrogens is 4. The molecule has 1 aliphatic heterocycles. The highest BCUT2D eigenvalue weighted by atomic mass is 19.4. The van der Waals surface area contributed by atoms with E-state index < -0.39 is 17.7 Å². The number of anilines is 1. The number of fused-ring (bicyclic) bond motifs is 1. The quantitative estimate of drug-likeness (QED) is 0.897. The smallest absolute Gasteiger partial charge is 0.370 e. The van der Waals surface area contributed by atoms with Crippen LogP contribution in [0.15, 0.2) is 12.4 Å². The zero-order chi connectivity index (χ0) is 17.4. The second-order valence-corrected chi connectivity index (χ2v) is 6.02. The van der Waals surface area contributed by atoms with Crippen LogP contribution in [0.4, 0.5) is 19.0 Å². The van der Waals surface area contributed by atoms with E-state index in [-0.39, 0.29) is 17.5 Å². The first kappa shape index (κ1) is 16.9. The number of halogens is 3. The molecule has 0 unspecified atom stereocenters. The molecule has 0 bridgehead atoms. The Morgan fingerprint density at radius 3 is 2.75 bits per heavy atom. The van der Waals surface area contributed by atoms with Gasteiger partial charge in [0.1, 0.15) is 12.1 Å². The van der Waals surface area contributed by atoms with Crippen molar-refractivity contribution >= 4 is 11.6 Å². The van der Waals surface area contributed by atoms with Gasteiger partial charge >= 0.3 is 6.18 Å². The lowest BCUT2D eigenvalue weighted by molar-refractivity contribution is -0.153. The fourth-order valence-electron chi connectivity index (χ4n) is 2.74. The monoisotopic (exact) mass is 345 g/mol. The predicted molar refractivity (Wildman–Crippen MR) is 78.4 cm³/mol. The Kier molecular flexibility index (Phi) is 4.35. The van der Waals surface area contributed by atoms with Gasteiger partial charge in [0.25, 0.3) is 5.78 Å². The van der Waals surface area contributed by atoms with Crippen molar-refractivity contribution in [1.82, 2.24) is 19.6 Å². The molecule has 1 atom stereocenters. The maximum absolute atomic E-state index is 12.9. The number of hydrogen-bond acceptors (Lipinski definition) is 6. The van der Waals surface area contributed by atoms with Crippen molar-refractivity contribution in [3.63, 3.8) is 0 Å². The van der Waals surface area contributed by atoms with Gasteiger partial charge in [-0.05, 0) is 12.8 Å². The Morgan fingerprint density at radius 1 is 1.38 bits per heavy atom. The molecule has 10 heteroatoms. The molecule has 1 aliphatic rings. The van der Waals surface area contributed by atoms with Crippen molar-refractivity contribution in [2.75, 3.05) is 25.1 Å². The number of nitrogens with one attached hydrogen (secondary N) is 1. The molecule has 3 heterocycles. The van der Waals surface area contributed by atoms with E-state index in [1.54, 1.807) is 0 Å². The molecule has 0 aromatic carbocycles. The maximum atomic E-state index is 12.9. The third-order valence-electron chi connectivity index (χ3n) is 3.79. The summed E-state index contributed by atoms with van der Waals surface area (Å²) in [7, 11) is 0. The molecule has 0 saturated carbocycles. The summed E-state index contributed by atoms with van der Waals surface area (Å²) in [4.78, 5) is 7.21. The van der Waals surface area contributed by atoms with Crippen LogP contribution in [0.3, 0.4) is 0 Å². The predicted octanol–water partition coefficient (Wildman–Crippen LogP) is 2.34. The number of nitrogens with zero attached hydrogens (tertiary/aromatic N) is 4. The highest BCUT2D eigenvalue weighted by Gasteiger charge is 2.35. The molecule has 2 aromatic rings. The van der Waals surface area contributed by atoms with Crippen molar-refractivity contribution in [3.05, 3.63) is 18.1 Å². The standard InChI is InChI=1S/C14H18F3N5O2/c1-9(6-13(2)23-3-4-24-13)7-18-11-5-10(14(15,16)17)21-12-19-8-20-22(11)12/h5,8-9,18H,3-4,6-7H2,1-2H3/t9-/m1/s1. The molecule has 1 N–H and O–H groups in total. The second kappa shape index (κ2) is 6.17. The minimum absolute atomic E-state index is 0.102. The normalized spacial score (nSPS) is 18.9. The zero-order valence-electron chi connectivity index (χ0n) is 13.3. The van der Waals surface area contributed by atoms with Crippen LogP contribution >= 0.6 is 0 Å². The molecule has 3 rings (SSSR count). The van der Waals surface area contributed by atoms with E-state index in [0.717, 1.165) is 6.07 Å². The highest BCUT2D eigenvalue weighted by molar-refractivity contribution is 5.45. The van der Waals surface area contributed by atoms with Gasteiger partial charge in [-0.25, -0.2) is 4.98 Å². The highest BCUT2D eigenvalue weighted by Crippen LogP contribution is 2.30. The summed E-state index contributed by atoms with van der Waals surface area (Å²) in [5.74, 6) is -0.447. The van der Waals surface area contributed by atoms with Gasteiger partial charge in [-0.3, -0.25) is 0 Å². The summed E-state index contributed by atoms with van der Waals surface area (Å²) in [6.45, 7) is 5.36. The van der Waals surface area contributed by atoms with Crippen LogP contribution in [0.2, 0.25) is 0 Å². The van der Waals surface area contributed by atoms with Gasteiger partial charge in [-0.15, -0.1) is 0 Å². The Bertz CT molecular complexity index is 712. The molecule has 0 radical (unpaired) electrons. The molecular formula is C14H18F3N5O2. The summed E-state index contributed by atoms with van der Waals surface area (Å²) in [5, 5.41) is 6.89. The minimum atomic E-state index is -4.55. The van der Waals surface area contributed by atoms with Crippen LogP contribution in [0.1, 0.15) is 26.0 Å². The third kappa shape index (κ3) is 3.59. The Balaban J connectivity index is 1.73. The summed E-state index contributed by atoms with van der Waals surface area (Å²) in [5.41, 5.74) is -1.01. The van der Waals surface area contributed by atoms with E-state index in [9.17, 15) is 13.2 Å². The number of rotatable bonds is 5. The maximum Gasteiger partial charge on any atom is 0.433 e. The first-order chi connectivity index (χ1) is 11.3. The summed E-state index contributed by atoms with van der Waals surface area (Å²) >= 11 is 0. The lowest BCUT2D eigenvalue weighted by Crippen LogP contribution is -2.30. The first-order valence-corrected chi connectivity index (χ1v) is 7.57. The fraction of sp³-hybridized carbons (Fsp3) is 0.643. The average molecular weight is 345 g/mol. The largest absolute Gasteiger partial charge is 0.433 e. The Labute approximate surface area is 136 Å². The molecule has 0 spiro atoms. The third-order valence-corrected chi connectivity index (χ3v) is 3.79. The molecule has 0 amide bonds. The lowest BCUT2D eigenvalue weighted by atomic mass is 10.0. The topological polar surface area (TPSA) is 73.6 Å². The van der Waals surface area contributed by atoms with Crippen LogP contribution < -0.4 is 5.32 Å². The van der Waals surface area contributed by atoms with Gasteiger partial charge in [0, 0.05) is 19.0 Å². The zero-order valence-corrected chi connectivity index (χ0v) is 13.3. The molecule has 24 heavy (non-hydrogen) atoms. The molecule has 1 fully saturated rings. The SMILES string of the molecule is C[C@@H](CNc1cc(C(F)(F)F)nc2ncnn12)CC1(C)OCCO1. The van der Waals surface area contributed by atoms with E-state index >= 15 is 0 Å². The first-order valence-electron chi connectivity index (χ1n) is 7.57. The summed E-state index contributed by atoms with van der Waals surface area (Å²) in [6, 6.07) is 0.929. The Morgan fingerprint density at radius 2 is 2.08 bits per heavy atom. The number of ether oxygens (including phenoxy) is 2. The van der Waals surface area contributed by atoms with Crippen molar-refractivity contribution < 1.29 is 22.6 Å². The molecular weight excluding hydrogens is 327 g/mol. The molecule has 7 nitrogen and oxygen atoms in total. The van der Waals surface area contributed by atoms with E-state index in [1.807, 2.05) is 13.8 Å². The van der Waals surface area contributed by atoms with Gasteiger partial charge in [-0.1, -0.05) is 6.92 Å². The van der Waals surface area contributed by atoms with E-state index in [4.69, 9.17) is 9.47 Å². The Hall–Kier alpha value is -1.94. The van der Waals surface area contributed by atoms with Gasteiger partial charge in [-0.2, -0.15) is 27.8 Å². The van der Waals surface area contributed by atoms with E-state index in [1.165, 1.54) is 10.8 Å². The van der Waals surface area contributed by atoms with Gasteiger partial charge in [0.15, 0.2) is 11.5 Å². The van der Waals surface area contributed by atoms with Crippen LogP contribution in [0, 0.1) is 5.92 Å². The fourth-order valence-corrected chi connectivity index (χ4v) is 2.74. The number of alkyl halides is 3. The van der Waals surface area contributed by atoms with Crippen LogP contribution in [-0.2, 0) is 15.7 Å². The molecule has 2 aromatic heterocycles. The summed E-state index contributed by atoms with van der Waals surface area (Å²) < 4.78 is 51.2. The van der Waals surface area contributed by atoms with Crippen LogP contribution in [0.5, 0.6) is 0 Å². The van der Waals surface area contributed by atoms with Gasteiger partial charge < -0.3 is 14.8 Å². The van der Waals surface area contributed by atoms with Crippen molar-refractivity contribution in [3.8, 4) is 0 Å². The molecule has 0 aliphatic carbocycles. The van der Waals surface area contributed by atoms with Gasteiger partial charge in [0.05, 0.1) is 13.2 Å². The average Bonchev–Trinajstić information content (AvgIpc) is 3.12. The molecule has 1 saturated heterocycles. The van der Waals surface area contributed by atoms with Crippen molar-refractivity contribution in [2.24, 2.45) is 5.92 Å². The second-order valence-electron chi connectivity index (χ2n) is 6.02. The van der Waals surface area contributed by atoms with E-state index in [0.29, 0.717) is 26.2 Å². The summed E-state index contributed by atoms with van der Waals surface area (Å²) in [6.07, 6.45) is -2.76. The molecule has 132 valence electrons. The van der Waals surface area contributed by atoms with Crippen LogP contribution in [-0.4, -0.2) is 45.1 Å². The van der Waals surface area contributed by atoms with Crippen molar-refractivity contribution in [1.29, 1.82) is 0 Å². The lowest BCUT2D eigenvalue weighted by Gasteiger charge is -2.26. The minimum Gasteiger partial charge on any atom is -0.370 e.